The third kappa shape index (κ3) is 4.59. The average molecular weight is 287 g/mol. The van der Waals surface area contributed by atoms with Crippen LogP contribution in [0.3, 0.4) is 0 Å². The monoisotopic (exact) mass is 287 g/mol. The lowest BCUT2D eigenvalue weighted by atomic mass is 10.1. The Labute approximate surface area is 127 Å². The number of fused-ring (bicyclic) bond motifs is 1. The minimum Gasteiger partial charge on any atom is -0.477 e. The van der Waals surface area contributed by atoms with Crippen molar-refractivity contribution in [2.24, 2.45) is 5.92 Å². The van der Waals surface area contributed by atoms with Crippen molar-refractivity contribution in [1.82, 2.24) is 9.97 Å². The molecular weight excluding hydrogens is 262 g/mol. The predicted octanol–water partition coefficient (Wildman–Crippen LogP) is 4.27. The van der Waals surface area contributed by atoms with Crippen LogP contribution in [-0.4, -0.2) is 23.1 Å². The van der Waals surface area contributed by atoms with Gasteiger partial charge in [0.1, 0.15) is 0 Å². The van der Waals surface area contributed by atoms with Crippen LogP contribution in [0.15, 0.2) is 24.3 Å². The molecule has 0 aliphatic heterocycles. The second kappa shape index (κ2) is 7.81. The van der Waals surface area contributed by atoms with Gasteiger partial charge in [-0.05, 0) is 37.3 Å². The van der Waals surface area contributed by atoms with Gasteiger partial charge in [0.2, 0.25) is 11.8 Å². The standard InChI is InChI=1S/C17H25N3O/c1-4-11-18-17-19-15-10-6-5-9-14(15)16(20-17)21-12-7-8-13(2)3/h5-6,9-10,13H,4,7-8,11-12H2,1-3H3,(H,18,19,20). The fourth-order valence-electron chi connectivity index (χ4n) is 2.13. The van der Waals surface area contributed by atoms with Crippen LogP contribution in [0.1, 0.15) is 40.0 Å². The summed E-state index contributed by atoms with van der Waals surface area (Å²) in [5, 5.41) is 4.21. The van der Waals surface area contributed by atoms with Crippen molar-refractivity contribution in [3.63, 3.8) is 0 Å². The molecular formula is C17H25N3O. The van der Waals surface area contributed by atoms with Crippen LogP contribution in [0.2, 0.25) is 0 Å². The zero-order valence-electron chi connectivity index (χ0n) is 13.2. The van der Waals surface area contributed by atoms with Crippen LogP contribution in [0.4, 0.5) is 5.95 Å². The van der Waals surface area contributed by atoms with Gasteiger partial charge >= 0.3 is 0 Å². The van der Waals surface area contributed by atoms with Gasteiger partial charge in [-0.2, -0.15) is 4.98 Å². The molecule has 2 aromatic rings. The SMILES string of the molecule is CCCNc1nc(OCCCC(C)C)c2ccccc2n1. The van der Waals surface area contributed by atoms with E-state index in [1.54, 1.807) is 0 Å². The van der Waals surface area contributed by atoms with Crippen LogP contribution in [0, 0.1) is 5.92 Å². The summed E-state index contributed by atoms with van der Waals surface area (Å²) < 4.78 is 5.90. The number of para-hydroxylation sites is 1. The van der Waals surface area contributed by atoms with Crippen molar-refractivity contribution in [3.8, 4) is 5.88 Å². The normalized spacial score (nSPS) is 11.0. The number of hydrogen-bond acceptors (Lipinski definition) is 4. The molecule has 21 heavy (non-hydrogen) atoms. The fourth-order valence-corrected chi connectivity index (χ4v) is 2.13. The fraction of sp³-hybridized carbons (Fsp3) is 0.529. The quantitative estimate of drug-likeness (QED) is 0.737. The number of benzene rings is 1. The van der Waals surface area contributed by atoms with E-state index in [9.17, 15) is 0 Å². The van der Waals surface area contributed by atoms with Crippen molar-refractivity contribution >= 4 is 16.9 Å². The van der Waals surface area contributed by atoms with Gasteiger partial charge in [-0.25, -0.2) is 4.98 Å². The summed E-state index contributed by atoms with van der Waals surface area (Å²) in [7, 11) is 0. The lowest BCUT2D eigenvalue weighted by molar-refractivity contribution is 0.291. The van der Waals surface area contributed by atoms with E-state index in [1.807, 2.05) is 24.3 Å². The highest BCUT2D eigenvalue weighted by Crippen LogP contribution is 2.24. The van der Waals surface area contributed by atoms with E-state index in [4.69, 9.17) is 4.74 Å². The highest BCUT2D eigenvalue weighted by molar-refractivity contribution is 5.84. The molecule has 0 radical (unpaired) electrons. The van der Waals surface area contributed by atoms with E-state index in [2.05, 4.69) is 36.1 Å². The largest absolute Gasteiger partial charge is 0.477 e. The maximum Gasteiger partial charge on any atom is 0.226 e. The van der Waals surface area contributed by atoms with Gasteiger partial charge in [-0.1, -0.05) is 32.9 Å². The molecule has 0 saturated carbocycles. The molecule has 0 spiro atoms. The van der Waals surface area contributed by atoms with Crippen molar-refractivity contribution in [3.05, 3.63) is 24.3 Å². The lowest BCUT2D eigenvalue weighted by Crippen LogP contribution is -2.07. The molecule has 1 heterocycles. The third-order valence-corrected chi connectivity index (χ3v) is 3.27. The zero-order chi connectivity index (χ0) is 15.1. The summed E-state index contributed by atoms with van der Waals surface area (Å²) in [4.78, 5) is 9.04. The summed E-state index contributed by atoms with van der Waals surface area (Å²) >= 11 is 0. The van der Waals surface area contributed by atoms with Crippen LogP contribution >= 0.6 is 0 Å². The molecule has 1 aromatic heterocycles. The molecule has 4 heteroatoms. The molecule has 0 atom stereocenters. The highest BCUT2D eigenvalue weighted by Gasteiger charge is 2.08. The molecule has 0 amide bonds. The predicted molar refractivity (Wildman–Crippen MR) is 87.9 cm³/mol. The van der Waals surface area contributed by atoms with Crippen molar-refractivity contribution in [2.45, 2.75) is 40.0 Å². The number of rotatable bonds is 8. The molecule has 1 N–H and O–H groups in total. The molecule has 0 unspecified atom stereocenters. The van der Waals surface area contributed by atoms with E-state index in [0.717, 1.165) is 30.3 Å². The smallest absolute Gasteiger partial charge is 0.226 e. The number of nitrogens with zero attached hydrogens (tertiary/aromatic N) is 2. The summed E-state index contributed by atoms with van der Waals surface area (Å²) in [6, 6.07) is 7.99. The van der Waals surface area contributed by atoms with Crippen LogP contribution in [0.25, 0.3) is 10.9 Å². The minimum atomic E-state index is 0.648. The van der Waals surface area contributed by atoms with Gasteiger partial charge in [0, 0.05) is 6.54 Å². The lowest BCUT2D eigenvalue weighted by Gasteiger charge is -2.11. The molecule has 114 valence electrons. The van der Waals surface area contributed by atoms with Crippen LogP contribution in [-0.2, 0) is 0 Å². The molecule has 0 saturated heterocycles. The van der Waals surface area contributed by atoms with Crippen molar-refractivity contribution in [1.29, 1.82) is 0 Å². The summed E-state index contributed by atoms with van der Waals surface area (Å²) in [6.45, 7) is 8.15. The van der Waals surface area contributed by atoms with Gasteiger partial charge < -0.3 is 10.1 Å². The second-order valence-electron chi connectivity index (χ2n) is 5.68. The number of nitrogens with one attached hydrogen (secondary N) is 1. The summed E-state index contributed by atoms with van der Waals surface area (Å²) in [5.74, 6) is 2.04. The van der Waals surface area contributed by atoms with E-state index in [0.29, 0.717) is 24.4 Å². The maximum absolute atomic E-state index is 5.90. The number of aromatic nitrogens is 2. The van der Waals surface area contributed by atoms with Gasteiger partial charge in [0.25, 0.3) is 0 Å². The molecule has 0 aliphatic carbocycles. The van der Waals surface area contributed by atoms with E-state index < -0.39 is 0 Å². The van der Waals surface area contributed by atoms with E-state index in [1.165, 1.54) is 6.42 Å². The molecule has 2 rings (SSSR count). The van der Waals surface area contributed by atoms with Gasteiger partial charge in [-0.15, -0.1) is 0 Å². The molecule has 0 aliphatic rings. The molecule has 4 nitrogen and oxygen atoms in total. The molecule has 0 bridgehead atoms. The van der Waals surface area contributed by atoms with E-state index in [-0.39, 0.29) is 0 Å². The minimum absolute atomic E-state index is 0.648. The Morgan fingerprint density at radius 1 is 1.19 bits per heavy atom. The van der Waals surface area contributed by atoms with Crippen molar-refractivity contribution in [2.75, 3.05) is 18.5 Å². The Bertz CT molecular complexity index is 569. The topological polar surface area (TPSA) is 47.0 Å². The number of hydrogen-bond donors (Lipinski definition) is 1. The Kier molecular flexibility index (Phi) is 5.78. The number of anilines is 1. The number of ether oxygens (including phenoxy) is 1. The Balaban J connectivity index is 2.14. The Morgan fingerprint density at radius 2 is 2.00 bits per heavy atom. The van der Waals surface area contributed by atoms with Gasteiger partial charge in [-0.3, -0.25) is 0 Å². The van der Waals surface area contributed by atoms with Crippen LogP contribution < -0.4 is 10.1 Å². The zero-order valence-corrected chi connectivity index (χ0v) is 13.2. The first-order chi connectivity index (χ1) is 10.2. The maximum atomic E-state index is 5.90. The first-order valence-corrected chi connectivity index (χ1v) is 7.84. The molecule has 0 fully saturated rings. The Morgan fingerprint density at radius 3 is 2.76 bits per heavy atom. The van der Waals surface area contributed by atoms with E-state index >= 15 is 0 Å². The van der Waals surface area contributed by atoms with Crippen molar-refractivity contribution < 1.29 is 4.74 Å². The third-order valence-electron chi connectivity index (χ3n) is 3.27. The van der Waals surface area contributed by atoms with Gasteiger partial charge in [0.05, 0.1) is 17.5 Å². The van der Waals surface area contributed by atoms with Gasteiger partial charge in [0.15, 0.2) is 0 Å². The first kappa shape index (κ1) is 15.5. The first-order valence-electron chi connectivity index (χ1n) is 7.84. The average Bonchev–Trinajstić information content (AvgIpc) is 2.49. The highest BCUT2D eigenvalue weighted by atomic mass is 16.5. The summed E-state index contributed by atoms with van der Waals surface area (Å²) in [6.07, 6.45) is 3.26. The Hall–Kier alpha value is -1.84. The summed E-state index contributed by atoms with van der Waals surface area (Å²) in [5.41, 5.74) is 0.921. The molecule has 1 aromatic carbocycles. The van der Waals surface area contributed by atoms with Crippen LogP contribution in [0.5, 0.6) is 5.88 Å². The second-order valence-corrected chi connectivity index (χ2v) is 5.68.